The molecule has 0 spiro atoms. The lowest BCUT2D eigenvalue weighted by Crippen LogP contribution is -1.94. The third-order valence-electron chi connectivity index (χ3n) is 3.28. The normalized spacial score (nSPS) is 16.0. The van der Waals surface area contributed by atoms with Crippen molar-refractivity contribution < 1.29 is 4.39 Å². The molecule has 1 aliphatic rings. The van der Waals surface area contributed by atoms with Crippen molar-refractivity contribution in [2.75, 3.05) is 0 Å². The Morgan fingerprint density at radius 1 is 1.17 bits per heavy atom. The van der Waals surface area contributed by atoms with E-state index in [1.54, 1.807) is 12.3 Å². The Balaban J connectivity index is 2.25. The molecule has 90 valence electrons. The topological polar surface area (TPSA) is 12.9 Å². The van der Waals surface area contributed by atoms with Crippen LogP contribution in [0.4, 0.5) is 4.39 Å². The molecule has 1 aliphatic carbocycles. The number of benzene rings is 1. The number of hydrogen-bond donors (Lipinski definition) is 0. The largest absolute Gasteiger partial charge is 0.261 e. The second-order valence-corrected chi connectivity index (χ2v) is 4.78. The smallest absolute Gasteiger partial charge is 0.123 e. The Labute approximate surface area is 114 Å². The Morgan fingerprint density at radius 3 is 2.89 bits per heavy atom. The zero-order valence-corrected chi connectivity index (χ0v) is 11.2. The highest BCUT2D eigenvalue weighted by molar-refractivity contribution is 9.11. The third kappa shape index (κ3) is 1.89. The molecule has 0 radical (unpaired) electrons. The van der Waals surface area contributed by atoms with Crippen LogP contribution in [0.1, 0.15) is 22.4 Å². The molecular formula is C15H11BrFN. The summed E-state index contributed by atoms with van der Waals surface area (Å²) in [4.78, 5) is 6.33. The molecule has 0 amide bonds. The number of nitrogens with zero attached hydrogens (tertiary/aromatic N) is 1. The summed E-state index contributed by atoms with van der Waals surface area (Å²) in [5, 5.41) is 0. The minimum absolute atomic E-state index is 0.179. The highest BCUT2D eigenvalue weighted by Crippen LogP contribution is 2.33. The van der Waals surface area contributed by atoms with Gasteiger partial charge in [-0.25, -0.2) is 4.39 Å². The highest BCUT2D eigenvalue weighted by atomic mass is 79.9. The van der Waals surface area contributed by atoms with Gasteiger partial charge in [-0.1, -0.05) is 28.1 Å². The molecule has 0 N–H and O–H groups in total. The van der Waals surface area contributed by atoms with Gasteiger partial charge in [0.15, 0.2) is 0 Å². The lowest BCUT2D eigenvalue weighted by molar-refractivity contribution is 0.625. The van der Waals surface area contributed by atoms with Crippen molar-refractivity contribution >= 4 is 21.5 Å². The van der Waals surface area contributed by atoms with Gasteiger partial charge >= 0.3 is 0 Å². The summed E-state index contributed by atoms with van der Waals surface area (Å²) in [5.74, 6) is -0.179. The van der Waals surface area contributed by atoms with E-state index in [4.69, 9.17) is 0 Å². The first-order chi connectivity index (χ1) is 8.79. The van der Waals surface area contributed by atoms with Crippen molar-refractivity contribution in [2.45, 2.75) is 12.8 Å². The van der Waals surface area contributed by atoms with E-state index < -0.39 is 0 Å². The zero-order valence-electron chi connectivity index (χ0n) is 9.66. The molecular weight excluding hydrogens is 293 g/mol. The number of hydrogen-bond acceptors (Lipinski definition) is 1. The van der Waals surface area contributed by atoms with Crippen molar-refractivity contribution in [1.29, 1.82) is 0 Å². The van der Waals surface area contributed by atoms with Crippen molar-refractivity contribution in [3.8, 4) is 0 Å². The van der Waals surface area contributed by atoms with Crippen molar-refractivity contribution in [2.24, 2.45) is 0 Å². The van der Waals surface area contributed by atoms with Crippen LogP contribution in [-0.2, 0) is 12.8 Å². The van der Waals surface area contributed by atoms with Gasteiger partial charge < -0.3 is 0 Å². The molecule has 1 heterocycles. The minimum Gasteiger partial charge on any atom is -0.261 e. The van der Waals surface area contributed by atoms with E-state index in [0.717, 1.165) is 40.8 Å². The average Bonchev–Trinajstić information content (AvgIpc) is 2.55. The van der Waals surface area contributed by atoms with Gasteiger partial charge in [0.1, 0.15) is 5.82 Å². The van der Waals surface area contributed by atoms with Gasteiger partial charge in [-0.15, -0.1) is 0 Å². The van der Waals surface area contributed by atoms with Gasteiger partial charge in [0.25, 0.3) is 0 Å². The van der Waals surface area contributed by atoms with Crippen LogP contribution in [-0.4, -0.2) is 4.98 Å². The molecule has 18 heavy (non-hydrogen) atoms. The number of aromatic nitrogens is 1. The van der Waals surface area contributed by atoms with E-state index in [-0.39, 0.29) is 5.82 Å². The summed E-state index contributed by atoms with van der Waals surface area (Å²) >= 11 is 3.42. The maximum absolute atomic E-state index is 13.3. The molecule has 0 atom stereocenters. The molecule has 0 aliphatic heterocycles. The minimum atomic E-state index is -0.179. The first-order valence-electron chi connectivity index (χ1n) is 5.83. The summed E-state index contributed by atoms with van der Waals surface area (Å²) in [6.45, 7) is 0. The van der Waals surface area contributed by atoms with E-state index in [1.165, 1.54) is 6.07 Å². The van der Waals surface area contributed by atoms with E-state index >= 15 is 0 Å². The van der Waals surface area contributed by atoms with Crippen LogP contribution in [0, 0.1) is 5.82 Å². The zero-order chi connectivity index (χ0) is 12.5. The summed E-state index contributed by atoms with van der Waals surface area (Å²) in [6.07, 6.45) is 3.47. The van der Waals surface area contributed by atoms with Gasteiger partial charge in [-0.2, -0.15) is 0 Å². The number of pyridine rings is 1. The van der Waals surface area contributed by atoms with Gasteiger partial charge in [-0.05, 0) is 52.7 Å². The van der Waals surface area contributed by atoms with Crippen LogP contribution < -0.4 is 0 Å². The Hall–Kier alpha value is -1.48. The first-order valence-corrected chi connectivity index (χ1v) is 6.74. The van der Waals surface area contributed by atoms with Crippen LogP contribution in [0.5, 0.6) is 0 Å². The number of halogens is 2. The van der Waals surface area contributed by atoms with Gasteiger partial charge in [0.2, 0.25) is 0 Å². The van der Waals surface area contributed by atoms with Crippen LogP contribution >= 0.6 is 15.9 Å². The summed E-state index contributed by atoms with van der Waals surface area (Å²) in [6, 6.07) is 8.98. The van der Waals surface area contributed by atoms with Crippen LogP contribution in [0.2, 0.25) is 0 Å². The molecule has 1 nitrogen and oxygen atoms in total. The predicted molar refractivity (Wildman–Crippen MR) is 74.1 cm³/mol. The van der Waals surface area contributed by atoms with Gasteiger partial charge in [-0.3, -0.25) is 4.98 Å². The van der Waals surface area contributed by atoms with Crippen molar-refractivity contribution in [3.63, 3.8) is 0 Å². The quantitative estimate of drug-likeness (QED) is 0.714. The Bertz CT molecular complexity index is 634. The average molecular weight is 304 g/mol. The fourth-order valence-corrected chi connectivity index (χ4v) is 2.92. The number of fused-ring (bicyclic) bond motifs is 2. The second-order valence-electron chi connectivity index (χ2n) is 4.32. The van der Waals surface area contributed by atoms with Crippen LogP contribution in [0.15, 0.2) is 41.5 Å². The van der Waals surface area contributed by atoms with Crippen LogP contribution in [0.3, 0.4) is 0 Å². The molecule has 0 saturated carbocycles. The summed E-state index contributed by atoms with van der Waals surface area (Å²) in [5.41, 5.74) is 5.39. The summed E-state index contributed by atoms with van der Waals surface area (Å²) < 4.78 is 13.3. The maximum atomic E-state index is 13.3. The molecule has 0 saturated heterocycles. The lowest BCUT2D eigenvalue weighted by Gasteiger charge is -2.09. The highest BCUT2D eigenvalue weighted by Gasteiger charge is 2.18. The number of aryl methyl sites for hydroxylation is 2. The van der Waals surface area contributed by atoms with Gasteiger partial charge in [0, 0.05) is 17.5 Å². The third-order valence-corrected chi connectivity index (χ3v) is 3.74. The fraction of sp³-hybridized carbons (Fsp3) is 0.133. The van der Waals surface area contributed by atoms with Crippen LogP contribution in [0.25, 0.3) is 5.57 Å². The van der Waals surface area contributed by atoms with Crippen molar-refractivity contribution in [3.05, 3.63) is 69.7 Å². The predicted octanol–water partition coefficient (Wildman–Crippen LogP) is 4.10. The Morgan fingerprint density at radius 2 is 2.06 bits per heavy atom. The standard InChI is InChI=1S/C15H11BrFN/c16-9-14-12-5-4-11(17)8-10(12)3-6-15-13(14)2-1-7-18-15/h1-2,4-5,7-9H,3,6H2. The molecule has 3 rings (SSSR count). The maximum Gasteiger partial charge on any atom is 0.123 e. The number of rotatable bonds is 0. The molecule has 0 bridgehead atoms. The SMILES string of the molecule is Fc1ccc2c(c1)CCc1ncccc1C2=CBr. The fourth-order valence-electron chi connectivity index (χ4n) is 2.43. The first kappa shape index (κ1) is 11.6. The molecule has 2 aromatic rings. The van der Waals surface area contributed by atoms with E-state index in [0.29, 0.717) is 0 Å². The van der Waals surface area contributed by atoms with E-state index in [1.807, 2.05) is 17.1 Å². The monoisotopic (exact) mass is 303 g/mol. The van der Waals surface area contributed by atoms with Crippen molar-refractivity contribution in [1.82, 2.24) is 4.98 Å². The summed E-state index contributed by atoms with van der Waals surface area (Å²) in [7, 11) is 0. The molecule has 0 fully saturated rings. The van der Waals surface area contributed by atoms with E-state index in [9.17, 15) is 4.39 Å². The second kappa shape index (κ2) is 4.65. The molecule has 0 unspecified atom stereocenters. The van der Waals surface area contributed by atoms with E-state index in [2.05, 4.69) is 27.0 Å². The molecule has 1 aromatic carbocycles. The lowest BCUT2D eigenvalue weighted by atomic mass is 9.97. The molecule has 1 aromatic heterocycles. The Kier molecular flexibility index (Phi) is 3.00. The molecule has 3 heteroatoms. The van der Waals surface area contributed by atoms with Gasteiger partial charge in [0.05, 0.1) is 0 Å².